The molecule has 0 radical (unpaired) electrons. The minimum atomic E-state index is 0.133. The number of hydrogen-bond acceptors (Lipinski definition) is 4. The van der Waals surface area contributed by atoms with E-state index in [1.165, 1.54) is 25.7 Å². The molecule has 1 rings (SSSR count). The first-order chi connectivity index (χ1) is 9.09. The third-order valence-corrected chi connectivity index (χ3v) is 4.53. The molecule has 4 nitrogen and oxygen atoms in total. The number of hydrogen-bond donors (Lipinski definition) is 1. The van der Waals surface area contributed by atoms with E-state index >= 15 is 0 Å². The third kappa shape index (κ3) is 4.42. The summed E-state index contributed by atoms with van der Waals surface area (Å²) < 4.78 is 10.6. The Morgan fingerprint density at radius 2 is 2.11 bits per heavy atom. The monoisotopic (exact) mass is 272 g/mol. The van der Waals surface area contributed by atoms with Crippen LogP contribution in [0.4, 0.5) is 0 Å². The second-order valence-electron chi connectivity index (χ2n) is 6.12. The summed E-state index contributed by atoms with van der Waals surface area (Å²) in [6.07, 6.45) is 5.01. The molecule has 3 unspecified atom stereocenters. The first-order valence-electron chi connectivity index (χ1n) is 7.54. The SMILES string of the molecule is COCCN(C(C)COC)C1(CN)CCCC(C)C1. The highest BCUT2D eigenvalue weighted by Crippen LogP contribution is 2.37. The van der Waals surface area contributed by atoms with Gasteiger partial charge in [-0.15, -0.1) is 0 Å². The molecule has 0 heterocycles. The van der Waals surface area contributed by atoms with Crippen LogP contribution in [-0.4, -0.2) is 57.0 Å². The highest BCUT2D eigenvalue weighted by Gasteiger charge is 2.40. The van der Waals surface area contributed by atoms with Crippen LogP contribution in [0.1, 0.15) is 39.5 Å². The topological polar surface area (TPSA) is 47.7 Å². The van der Waals surface area contributed by atoms with Gasteiger partial charge in [0.2, 0.25) is 0 Å². The van der Waals surface area contributed by atoms with Gasteiger partial charge in [-0.1, -0.05) is 19.8 Å². The maximum absolute atomic E-state index is 6.18. The van der Waals surface area contributed by atoms with Crippen LogP contribution in [-0.2, 0) is 9.47 Å². The summed E-state index contributed by atoms with van der Waals surface area (Å²) in [4.78, 5) is 2.54. The van der Waals surface area contributed by atoms with E-state index in [0.717, 1.165) is 32.2 Å². The van der Waals surface area contributed by atoms with Crippen molar-refractivity contribution >= 4 is 0 Å². The maximum Gasteiger partial charge on any atom is 0.0615 e. The fourth-order valence-electron chi connectivity index (χ4n) is 3.64. The Morgan fingerprint density at radius 3 is 2.63 bits per heavy atom. The molecule has 114 valence electrons. The Bertz CT molecular complexity index is 250. The average Bonchev–Trinajstić information content (AvgIpc) is 2.39. The molecule has 0 spiro atoms. The van der Waals surface area contributed by atoms with E-state index in [0.29, 0.717) is 6.04 Å². The molecule has 0 amide bonds. The summed E-state index contributed by atoms with van der Waals surface area (Å²) in [6, 6.07) is 0.383. The normalized spacial score (nSPS) is 29.7. The smallest absolute Gasteiger partial charge is 0.0615 e. The van der Waals surface area contributed by atoms with Gasteiger partial charge in [0.15, 0.2) is 0 Å². The van der Waals surface area contributed by atoms with Gasteiger partial charge in [-0.3, -0.25) is 4.90 Å². The molecular weight excluding hydrogens is 240 g/mol. The first kappa shape index (κ1) is 16.9. The van der Waals surface area contributed by atoms with E-state index in [9.17, 15) is 0 Å². The molecule has 0 aromatic rings. The summed E-state index contributed by atoms with van der Waals surface area (Å²) in [6.45, 7) is 7.75. The molecule has 1 fully saturated rings. The second-order valence-corrected chi connectivity index (χ2v) is 6.12. The molecule has 0 bridgehead atoms. The van der Waals surface area contributed by atoms with Gasteiger partial charge < -0.3 is 15.2 Å². The van der Waals surface area contributed by atoms with Crippen molar-refractivity contribution in [3.8, 4) is 0 Å². The molecule has 1 saturated carbocycles. The highest BCUT2D eigenvalue weighted by molar-refractivity contribution is 4.97. The summed E-state index contributed by atoms with van der Waals surface area (Å²) in [5.74, 6) is 0.761. The molecule has 1 aliphatic rings. The molecule has 0 aromatic carbocycles. The molecule has 0 aromatic heterocycles. The number of nitrogens with zero attached hydrogens (tertiary/aromatic N) is 1. The van der Waals surface area contributed by atoms with Crippen molar-refractivity contribution in [1.29, 1.82) is 0 Å². The van der Waals surface area contributed by atoms with Crippen LogP contribution < -0.4 is 5.73 Å². The predicted octanol–water partition coefficient (Wildman–Crippen LogP) is 1.88. The second kappa shape index (κ2) is 8.20. The van der Waals surface area contributed by atoms with Gasteiger partial charge in [-0.2, -0.15) is 0 Å². The van der Waals surface area contributed by atoms with Gasteiger partial charge in [0.25, 0.3) is 0 Å². The third-order valence-electron chi connectivity index (χ3n) is 4.53. The van der Waals surface area contributed by atoms with Gasteiger partial charge >= 0.3 is 0 Å². The number of ether oxygens (including phenoxy) is 2. The quantitative estimate of drug-likeness (QED) is 0.733. The molecular formula is C15H32N2O2. The molecule has 0 saturated heterocycles. The standard InChI is InChI=1S/C15H32N2O2/c1-13-6-5-7-15(10-13,12-16)17(8-9-18-3)14(2)11-19-4/h13-14H,5-12,16H2,1-4H3. The van der Waals surface area contributed by atoms with E-state index in [4.69, 9.17) is 15.2 Å². The van der Waals surface area contributed by atoms with Crippen molar-refractivity contribution in [2.75, 3.05) is 40.5 Å². The molecule has 0 aliphatic heterocycles. The van der Waals surface area contributed by atoms with Crippen LogP contribution in [0, 0.1) is 5.92 Å². The van der Waals surface area contributed by atoms with Crippen LogP contribution in [0.15, 0.2) is 0 Å². The molecule has 19 heavy (non-hydrogen) atoms. The van der Waals surface area contributed by atoms with Gasteiger partial charge in [-0.25, -0.2) is 0 Å². The van der Waals surface area contributed by atoms with Crippen LogP contribution >= 0.6 is 0 Å². The highest BCUT2D eigenvalue weighted by atomic mass is 16.5. The van der Waals surface area contributed by atoms with Crippen LogP contribution in [0.25, 0.3) is 0 Å². The zero-order valence-electron chi connectivity index (χ0n) is 13.2. The lowest BCUT2D eigenvalue weighted by molar-refractivity contribution is -0.0279. The lowest BCUT2D eigenvalue weighted by Crippen LogP contribution is -2.60. The van der Waals surface area contributed by atoms with E-state index in [2.05, 4.69) is 18.7 Å². The fourth-order valence-corrected chi connectivity index (χ4v) is 3.64. The number of rotatable bonds is 8. The largest absolute Gasteiger partial charge is 0.383 e. The molecule has 4 heteroatoms. The van der Waals surface area contributed by atoms with Crippen molar-refractivity contribution in [3.05, 3.63) is 0 Å². The van der Waals surface area contributed by atoms with Crippen LogP contribution in [0.2, 0.25) is 0 Å². The minimum Gasteiger partial charge on any atom is -0.383 e. The lowest BCUT2D eigenvalue weighted by atomic mass is 9.74. The van der Waals surface area contributed by atoms with Gasteiger partial charge in [0.05, 0.1) is 13.2 Å². The number of nitrogens with two attached hydrogens (primary N) is 1. The Balaban J connectivity index is 2.83. The minimum absolute atomic E-state index is 0.133. The van der Waals surface area contributed by atoms with Gasteiger partial charge in [0, 0.05) is 38.9 Å². The summed E-state index contributed by atoms with van der Waals surface area (Å²) in [7, 11) is 3.53. The van der Waals surface area contributed by atoms with Gasteiger partial charge in [-0.05, 0) is 25.7 Å². The average molecular weight is 272 g/mol. The van der Waals surface area contributed by atoms with E-state index in [-0.39, 0.29) is 5.54 Å². The van der Waals surface area contributed by atoms with Crippen molar-refractivity contribution in [1.82, 2.24) is 4.90 Å². The molecule has 3 atom stereocenters. The lowest BCUT2D eigenvalue weighted by Gasteiger charge is -2.50. The Morgan fingerprint density at radius 1 is 1.37 bits per heavy atom. The van der Waals surface area contributed by atoms with Crippen molar-refractivity contribution in [3.63, 3.8) is 0 Å². The summed E-state index contributed by atoms with van der Waals surface area (Å²) >= 11 is 0. The summed E-state index contributed by atoms with van der Waals surface area (Å²) in [5, 5.41) is 0. The molecule has 1 aliphatic carbocycles. The van der Waals surface area contributed by atoms with E-state index < -0.39 is 0 Å². The van der Waals surface area contributed by atoms with Crippen molar-refractivity contribution in [2.24, 2.45) is 11.7 Å². The van der Waals surface area contributed by atoms with Gasteiger partial charge in [0.1, 0.15) is 0 Å². The number of methoxy groups -OCH3 is 2. The fraction of sp³-hybridized carbons (Fsp3) is 1.00. The maximum atomic E-state index is 6.18. The molecule has 2 N–H and O–H groups in total. The Hall–Kier alpha value is -0.160. The zero-order chi connectivity index (χ0) is 14.3. The zero-order valence-corrected chi connectivity index (χ0v) is 13.2. The van der Waals surface area contributed by atoms with E-state index in [1.807, 2.05) is 0 Å². The van der Waals surface area contributed by atoms with Crippen molar-refractivity contribution in [2.45, 2.75) is 51.1 Å². The van der Waals surface area contributed by atoms with Crippen LogP contribution in [0.5, 0.6) is 0 Å². The first-order valence-corrected chi connectivity index (χ1v) is 7.54. The Labute approximate surface area is 118 Å². The predicted molar refractivity (Wildman–Crippen MR) is 79.3 cm³/mol. The van der Waals surface area contributed by atoms with Crippen molar-refractivity contribution < 1.29 is 9.47 Å². The Kier molecular flexibility index (Phi) is 7.29. The van der Waals surface area contributed by atoms with E-state index in [1.54, 1.807) is 14.2 Å². The van der Waals surface area contributed by atoms with Crippen LogP contribution in [0.3, 0.4) is 0 Å². The summed E-state index contributed by atoms with van der Waals surface area (Å²) in [5.41, 5.74) is 6.32.